The minimum Gasteiger partial charge on any atom is -0.444 e. The first-order chi connectivity index (χ1) is 7.20. The van der Waals surface area contributed by atoms with E-state index in [-0.39, 0.29) is 18.2 Å². The lowest BCUT2D eigenvalue weighted by molar-refractivity contribution is 0.0189. The van der Waals surface area contributed by atoms with Gasteiger partial charge in [-0.25, -0.2) is 4.79 Å². The van der Waals surface area contributed by atoms with Gasteiger partial charge in [-0.15, -0.1) is 0 Å². The third-order valence-corrected chi connectivity index (χ3v) is 2.77. The van der Waals surface area contributed by atoms with Crippen molar-refractivity contribution in [3.63, 3.8) is 0 Å². The van der Waals surface area contributed by atoms with E-state index >= 15 is 0 Å². The van der Waals surface area contributed by atoms with E-state index < -0.39 is 5.60 Å². The number of nitrogens with two attached hydrogens (primary N) is 1. The summed E-state index contributed by atoms with van der Waals surface area (Å²) in [6.45, 7) is 10.5. The van der Waals surface area contributed by atoms with Gasteiger partial charge in [0.1, 0.15) is 5.60 Å². The summed E-state index contributed by atoms with van der Waals surface area (Å²) in [6.07, 6.45) is 0.635. The molecule has 94 valence electrons. The van der Waals surface area contributed by atoms with Crippen LogP contribution in [0.3, 0.4) is 0 Å². The largest absolute Gasteiger partial charge is 0.444 e. The first kappa shape index (κ1) is 13.3. The van der Waals surface area contributed by atoms with Gasteiger partial charge in [-0.2, -0.15) is 0 Å². The average Bonchev–Trinajstić information content (AvgIpc) is 2.44. The monoisotopic (exact) mass is 228 g/mol. The molecule has 0 aromatic rings. The van der Waals surface area contributed by atoms with Gasteiger partial charge in [-0.05, 0) is 33.1 Å². The molecule has 1 amide bonds. The van der Waals surface area contributed by atoms with Crippen molar-refractivity contribution in [2.75, 3.05) is 6.54 Å². The molecule has 1 heterocycles. The Bertz CT molecular complexity index is 258. The predicted molar refractivity (Wildman–Crippen MR) is 64.2 cm³/mol. The number of likely N-dealkylation sites (tertiary alicyclic amines) is 1. The molecule has 2 N–H and O–H groups in total. The van der Waals surface area contributed by atoms with E-state index in [0.717, 1.165) is 6.42 Å². The van der Waals surface area contributed by atoms with Crippen molar-refractivity contribution in [1.82, 2.24) is 4.90 Å². The Morgan fingerprint density at radius 3 is 2.44 bits per heavy atom. The number of amides is 1. The molecule has 0 spiro atoms. The van der Waals surface area contributed by atoms with Crippen LogP contribution < -0.4 is 5.73 Å². The van der Waals surface area contributed by atoms with Crippen LogP contribution in [-0.4, -0.2) is 35.2 Å². The normalized spacial score (nSPS) is 26.3. The summed E-state index contributed by atoms with van der Waals surface area (Å²) < 4.78 is 5.38. The van der Waals surface area contributed by atoms with Gasteiger partial charge in [0, 0.05) is 18.6 Å². The quantitative estimate of drug-likeness (QED) is 0.746. The highest BCUT2D eigenvalue weighted by Gasteiger charge is 2.37. The van der Waals surface area contributed by atoms with Gasteiger partial charge in [0.05, 0.1) is 0 Å². The maximum atomic E-state index is 12.0. The van der Waals surface area contributed by atoms with Gasteiger partial charge < -0.3 is 15.4 Å². The van der Waals surface area contributed by atoms with Crippen LogP contribution in [0.25, 0.3) is 0 Å². The lowest BCUT2D eigenvalue weighted by atomic mass is 10.0. The first-order valence-electron chi connectivity index (χ1n) is 5.96. The van der Waals surface area contributed by atoms with E-state index in [4.69, 9.17) is 10.5 Å². The molecule has 1 aliphatic rings. The van der Waals surface area contributed by atoms with Gasteiger partial charge in [0.25, 0.3) is 0 Å². The van der Waals surface area contributed by atoms with E-state index in [1.165, 1.54) is 0 Å². The predicted octanol–water partition coefficient (Wildman–Crippen LogP) is 1.98. The van der Waals surface area contributed by atoms with E-state index in [2.05, 4.69) is 13.8 Å². The number of carbonyl (C=O) groups is 1. The first-order valence-corrected chi connectivity index (χ1v) is 5.96. The minimum atomic E-state index is -0.439. The number of hydrogen-bond donors (Lipinski definition) is 1. The number of hydrogen-bond acceptors (Lipinski definition) is 3. The highest BCUT2D eigenvalue weighted by molar-refractivity contribution is 5.69. The maximum absolute atomic E-state index is 12.0. The second-order valence-corrected chi connectivity index (χ2v) is 5.94. The number of nitrogens with zero attached hydrogens (tertiary/aromatic N) is 1. The molecular weight excluding hydrogens is 204 g/mol. The van der Waals surface area contributed by atoms with Crippen molar-refractivity contribution in [3.8, 4) is 0 Å². The Morgan fingerprint density at radius 1 is 1.44 bits per heavy atom. The molecule has 16 heavy (non-hydrogen) atoms. The number of rotatable bonds is 1. The van der Waals surface area contributed by atoms with Gasteiger partial charge in [0.15, 0.2) is 0 Å². The molecule has 0 aromatic carbocycles. The summed E-state index contributed by atoms with van der Waals surface area (Å²) in [6, 6.07) is 0.296. The van der Waals surface area contributed by atoms with Crippen LogP contribution in [0.5, 0.6) is 0 Å². The maximum Gasteiger partial charge on any atom is 0.410 e. The summed E-state index contributed by atoms with van der Waals surface area (Å²) in [7, 11) is 0. The van der Waals surface area contributed by atoms with Crippen molar-refractivity contribution in [3.05, 3.63) is 0 Å². The SMILES string of the molecule is CC(C)[C@H]1C[C@@H](N)CN1C(=O)OC(C)(C)C. The summed E-state index contributed by atoms with van der Waals surface area (Å²) in [5.41, 5.74) is 5.47. The fraction of sp³-hybridized carbons (Fsp3) is 0.917. The zero-order valence-electron chi connectivity index (χ0n) is 11.0. The van der Waals surface area contributed by atoms with Crippen molar-refractivity contribution >= 4 is 6.09 Å². The second kappa shape index (κ2) is 4.62. The summed E-state index contributed by atoms with van der Waals surface area (Å²) >= 11 is 0. The third-order valence-electron chi connectivity index (χ3n) is 2.77. The lowest BCUT2D eigenvalue weighted by Crippen LogP contribution is -2.42. The molecule has 0 aromatic heterocycles. The molecular formula is C12H24N2O2. The van der Waals surface area contributed by atoms with Crippen LogP contribution in [0.4, 0.5) is 4.79 Å². The molecule has 4 heteroatoms. The van der Waals surface area contributed by atoms with Gasteiger partial charge in [-0.3, -0.25) is 0 Å². The third kappa shape index (κ3) is 3.37. The standard InChI is InChI=1S/C12H24N2O2/c1-8(2)10-6-9(13)7-14(10)11(15)16-12(3,4)5/h8-10H,6-7,13H2,1-5H3/t9-,10-/m1/s1. The number of carbonyl (C=O) groups excluding carboxylic acids is 1. The van der Waals surface area contributed by atoms with Crippen LogP contribution in [0.15, 0.2) is 0 Å². The summed E-state index contributed by atoms with van der Waals surface area (Å²) in [5.74, 6) is 0.418. The van der Waals surface area contributed by atoms with Crippen molar-refractivity contribution in [1.29, 1.82) is 0 Å². The Hall–Kier alpha value is -0.770. The molecule has 2 atom stereocenters. The van der Waals surface area contributed by atoms with E-state index in [1.807, 2.05) is 20.8 Å². The Labute approximate surface area is 98.1 Å². The Morgan fingerprint density at radius 2 is 2.00 bits per heavy atom. The van der Waals surface area contributed by atoms with Crippen LogP contribution in [-0.2, 0) is 4.74 Å². The van der Waals surface area contributed by atoms with E-state index in [0.29, 0.717) is 12.5 Å². The fourth-order valence-corrected chi connectivity index (χ4v) is 2.06. The molecule has 0 saturated carbocycles. The minimum absolute atomic E-state index is 0.0833. The molecule has 0 radical (unpaired) electrons. The molecule has 0 bridgehead atoms. The lowest BCUT2D eigenvalue weighted by Gasteiger charge is -2.30. The molecule has 0 unspecified atom stereocenters. The molecule has 0 aliphatic carbocycles. The van der Waals surface area contributed by atoms with Crippen LogP contribution in [0.2, 0.25) is 0 Å². The van der Waals surface area contributed by atoms with Crippen molar-refractivity contribution in [2.24, 2.45) is 11.7 Å². The Kier molecular flexibility index (Phi) is 3.84. The fourth-order valence-electron chi connectivity index (χ4n) is 2.06. The smallest absolute Gasteiger partial charge is 0.410 e. The Balaban J connectivity index is 2.67. The highest BCUT2D eigenvalue weighted by Crippen LogP contribution is 2.25. The second-order valence-electron chi connectivity index (χ2n) is 5.94. The highest BCUT2D eigenvalue weighted by atomic mass is 16.6. The van der Waals surface area contributed by atoms with Crippen LogP contribution >= 0.6 is 0 Å². The summed E-state index contributed by atoms with van der Waals surface area (Å²) in [4.78, 5) is 13.7. The molecule has 4 nitrogen and oxygen atoms in total. The average molecular weight is 228 g/mol. The van der Waals surface area contributed by atoms with Gasteiger partial charge >= 0.3 is 6.09 Å². The van der Waals surface area contributed by atoms with E-state index in [1.54, 1.807) is 4.90 Å². The van der Waals surface area contributed by atoms with Crippen molar-refractivity contribution in [2.45, 2.75) is 58.7 Å². The summed E-state index contributed by atoms with van der Waals surface area (Å²) in [5, 5.41) is 0. The zero-order chi connectivity index (χ0) is 12.5. The molecule has 1 rings (SSSR count). The molecule has 1 aliphatic heterocycles. The topological polar surface area (TPSA) is 55.6 Å². The van der Waals surface area contributed by atoms with Gasteiger partial charge in [0.2, 0.25) is 0 Å². The molecule has 1 fully saturated rings. The van der Waals surface area contributed by atoms with Gasteiger partial charge in [-0.1, -0.05) is 13.8 Å². The number of ether oxygens (including phenoxy) is 1. The van der Waals surface area contributed by atoms with E-state index in [9.17, 15) is 4.79 Å². The van der Waals surface area contributed by atoms with Crippen LogP contribution in [0.1, 0.15) is 41.0 Å². The van der Waals surface area contributed by atoms with Crippen molar-refractivity contribution < 1.29 is 9.53 Å². The molecule has 1 saturated heterocycles. The zero-order valence-corrected chi connectivity index (χ0v) is 11.0. The van der Waals surface area contributed by atoms with Crippen LogP contribution in [0, 0.1) is 5.92 Å².